The molecule has 0 aliphatic carbocycles. The SMILES string of the molecule is CSC(=Nc1ccc2c(Cl)c[nH]c(=O)c2c1)NC#N. The first-order chi connectivity index (χ1) is 9.15. The maximum absolute atomic E-state index is 11.7. The summed E-state index contributed by atoms with van der Waals surface area (Å²) in [5.74, 6) is 0. The highest BCUT2D eigenvalue weighted by Crippen LogP contribution is 2.24. The summed E-state index contributed by atoms with van der Waals surface area (Å²) in [7, 11) is 0. The molecule has 0 aliphatic rings. The predicted octanol–water partition coefficient (Wildman–Crippen LogP) is 2.60. The van der Waals surface area contributed by atoms with Gasteiger partial charge in [-0.25, -0.2) is 4.99 Å². The van der Waals surface area contributed by atoms with Crippen LogP contribution in [0.2, 0.25) is 5.02 Å². The lowest BCUT2D eigenvalue weighted by atomic mass is 10.1. The number of nitrogens with zero attached hydrogens (tertiary/aromatic N) is 2. The molecule has 2 aromatic rings. The van der Waals surface area contributed by atoms with Gasteiger partial charge in [0, 0.05) is 11.6 Å². The quantitative estimate of drug-likeness (QED) is 0.366. The maximum atomic E-state index is 11.7. The van der Waals surface area contributed by atoms with Gasteiger partial charge in [0.15, 0.2) is 11.4 Å². The number of hydrogen-bond donors (Lipinski definition) is 2. The Bertz CT molecular complexity index is 747. The number of pyridine rings is 1. The molecule has 2 rings (SSSR count). The molecule has 0 unspecified atom stereocenters. The number of hydrogen-bond acceptors (Lipinski definition) is 4. The molecule has 0 saturated heterocycles. The summed E-state index contributed by atoms with van der Waals surface area (Å²) in [5.41, 5.74) is 0.350. The van der Waals surface area contributed by atoms with Gasteiger partial charge < -0.3 is 4.98 Å². The van der Waals surface area contributed by atoms with Crippen LogP contribution in [0, 0.1) is 11.5 Å². The van der Waals surface area contributed by atoms with Crippen LogP contribution in [0.3, 0.4) is 0 Å². The van der Waals surface area contributed by atoms with Crippen LogP contribution >= 0.6 is 23.4 Å². The lowest BCUT2D eigenvalue weighted by molar-refractivity contribution is 1.27. The minimum Gasteiger partial charge on any atom is -0.327 e. The second-order valence-electron chi connectivity index (χ2n) is 3.55. The van der Waals surface area contributed by atoms with E-state index >= 15 is 0 Å². The van der Waals surface area contributed by atoms with Gasteiger partial charge in [-0.15, -0.1) is 0 Å². The van der Waals surface area contributed by atoms with Crippen molar-refractivity contribution < 1.29 is 0 Å². The zero-order valence-electron chi connectivity index (χ0n) is 9.90. The summed E-state index contributed by atoms with van der Waals surface area (Å²) < 4.78 is 0. The van der Waals surface area contributed by atoms with Crippen molar-refractivity contribution >= 4 is 45.0 Å². The first kappa shape index (κ1) is 13.5. The number of nitrogens with one attached hydrogen (secondary N) is 2. The fourth-order valence-electron chi connectivity index (χ4n) is 1.57. The summed E-state index contributed by atoms with van der Waals surface area (Å²) in [6.07, 6.45) is 5.06. The average Bonchev–Trinajstić information content (AvgIpc) is 2.42. The summed E-state index contributed by atoms with van der Waals surface area (Å²) >= 11 is 7.31. The van der Waals surface area contributed by atoms with E-state index in [2.05, 4.69) is 15.3 Å². The van der Waals surface area contributed by atoms with Crippen molar-refractivity contribution in [2.45, 2.75) is 0 Å². The number of benzene rings is 1. The molecule has 0 bridgehead atoms. The van der Waals surface area contributed by atoms with Crippen LogP contribution in [-0.2, 0) is 0 Å². The zero-order chi connectivity index (χ0) is 13.8. The van der Waals surface area contributed by atoms with E-state index in [4.69, 9.17) is 16.9 Å². The number of halogens is 1. The van der Waals surface area contributed by atoms with Crippen LogP contribution < -0.4 is 10.9 Å². The van der Waals surface area contributed by atoms with E-state index in [1.807, 2.05) is 0 Å². The number of rotatable bonds is 1. The van der Waals surface area contributed by atoms with Crippen LogP contribution in [0.5, 0.6) is 0 Å². The van der Waals surface area contributed by atoms with Gasteiger partial charge in [-0.2, -0.15) is 5.26 Å². The van der Waals surface area contributed by atoms with Crippen LogP contribution in [0.15, 0.2) is 34.2 Å². The second-order valence-corrected chi connectivity index (χ2v) is 4.76. The Kier molecular flexibility index (Phi) is 4.10. The maximum Gasteiger partial charge on any atom is 0.255 e. The summed E-state index contributed by atoms with van der Waals surface area (Å²) in [5, 5.41) is 13.1. The smallest absolute Gasteiger partial charge is 0.255 e. The fourth-order valence-corrected chi connectivity index (χ4v) is 2.14. The van der Waals surface area contributed by atoms with Crippen molar-refractivity contribution in [3.8, 4) is 6.19 Å². The molecule has 19 heavy (non-hydrogen) atoms. The lowest BCUT2D eigenvalue weighted by Gasteiger charge is -2.02. The number of aliphatic imine (C=N–C) groups is 1. The third-order valence-corrected chi connectivity index (χ3v) is 3.31. The number of aromatic amines is 1. The fraction of sp³-hybridized carbons (Fsp3) is 0.0833. The van der Waals surface area contributed by atoms with Crippen LogP contribution in [0.25, 0.3) is 10.8 Å². The van der Waals surface area contributed by atoms with E-state index in [0.29, 0.717) is 26.7 Å². The largest absolute Gasteiger partial charge is 0.327 e. The summed E-state index contributed by atoms with van der Waals surface area (Å²) in [4.78, 5) is 18.5. The Labute approximate surface area is 118 Å². The number of nitriles is 1. The molecule has 0 fully saturated rings. The molecule has 1 aromatic carbocycles. The van der Waals surface area contributed by atoms with E-state index in [1.165, 1.54) is 18.0 Å². The van der Waals surface area contributed by atoms with Gasteiger partial charge in [0.05, 0.1) is 16.1 Å². The Hall–Kier alpha value is -1.97. The Morgan fingerprint density at radius 3 is 3.00 bits per heavy atom. The number of thioether (sulfide) groups is 1. The van der Waals surface area contributed by atoms with Crippen LogP contribution in [-0.4, -0.2) is 16.4 Å². The van der Waals surface area contributed by atoms with Gasteiger partial charge in [0.25, 0.3) is 5.56 Å². The molecule has 0 radical (unpaired) electrons. The normalized spacial score (nSPS) is 11.3. The topological polar surface area (TPSA) is 81.0 Å². The molecule has 5 nitrogen and oxygen atoms in total. The number of fused-ring (bicyclic) bond motifs is 1. The van der Waals surface area contributed by atoms with Crippen molar-refractivity contribution in [2.24, 2.45) is 4.99 Å². The molecule has 0 spiro atoms. The molecule has 0 saturated carbocycles. The molecule has 2 N–H and O–H groups in total. The first-order valence-electron chi connectivity index (χ1n) is 5.24. The van der Waals surface area contributed by atoms with Crippen molar-refractivity contribution in [3.05, 3.63) is 39.8 Å². The van der Waals surface area contributed by atoms with Crippen molar-refractivity contribution in [1.29, 1.82) is 5.26 Å². The third-order valence-electron chi connectivity index (χ3n) is 2.42. The average molecular weight is 293 g/mol. The Morgan fingerprint density at radius 1 is 1.53 bits per heavy atom. The van der Waals surface area contributed by atoms with Gasteiger partial charge in [-0.1, -0.05) is 29.4 Å². The molecule has 96 valence electrons. The Balaban J connectivity index is 2.57. The Morgan fingerprint density at radius 2 is 2.32 bits per heavy atom. The summed E-state index contributed by atoms with van der Waals surface area (Å²) in [6.45, 7) is 0. The van der Waals surface area contributed by atoms with Crippen molar-refractivity contribution in [2.75, 3.05) is 6.26 Å². The van der Waals surface area contributed by atoms with Crippen LogP contribution in [0.4, 0.5) is 5.69 Å². The monoisotopic (exact) mass is 292 g/mol. The highest BCUT2D eigenvalue weighted by molar-refractivity contribution is 8.13. The van der Waals surface area contributed by atoms with Crippen molar-refractivity contribution in [3.63, 3.8) is 0 Å². The van der Waals surface area contributed by atoms with E-state index in [-0.39, 0.29) is 5.56 Å². The van der Waals surface area contributed by atoms with Gasteiger partial charge >= 0.3 is 0 Å². The molecule has 1 heterocycles. The first-order valence-corrected chi connectivity index (χ1v) is 6.84. The molecular weight excluding hydrogens is 284 g/mol. The van der Waals surface area contributed by atoms with E-state index in [9.17, 15) is 4.79 Å². The number of amidine groups is 1. The second kappa shape index (κ2) is 5.78. The van der Waals surface area contributed by atoms with E-state index in [0.717, 1.165) is 0 Å². The van der Waals surface area contributed by atoms with Gasteiger partial charge in [0.2, 0.25) is 0 Å². The van der Waals surface area contributed by atoms with E-state index < -0.39 is 0 Å². The molecular formula is C12H9ClN4OS. The van der Waals surface area contributed by atoms with Crippen molar-refractivity contribution in [1.82, 2.24) is 10.3 Å². The minimum absolute atomic E-state index is 0.226. The van der Waals surface area contributed by atoms with Gasteiger partial charge in [0.1, 0.15) is 0 Å². The lowest BCUT2D eigenvalue weighted by Crippen LogP contribution is -2.12. The molecule has 7 heteroatoms. The number of H-pyrrole nitrogens is 1. The summed E-state index contributed by atoms with van der Waals surface area (Å²) in [6, 6.07) is 5.11. The predicted molar refractivity (Wildman–Crippen MR) is 78.9 cm³/mol. The molecule has 0 atom stereocenters. The zero-order valence-corrected chi connectivity index (χ0v) is 11.5. The minimum atomic E-state index is -0.226. The third kappa shape index (κ3) is 2.89. The van der Waals surface area contributed by atoms with Gasteiger partial charge in [-0.05, 0) is 18.4 Å². The number of aromatic nitrogens is 1. The highest BCUT2D eigenvalue weighted by atomic mass is 35.5. The molecule has 1 aromatic heterocycles. The molecule has 0 aliphatic heterocycles. The molecule has 0 amide bonds. The highest BCUT2D eigenvalue weighted by Gasteiger charge is 2.04. The van der Waals surface area contributed by atoms with E-state index in [1.54, 1.807) is 30.6 Å². The standard InChI is InChI=1S/C12H9ClN4OS/c1-19-12(16-6-14)17-7-2-3-8-9(4-7)11(18)15-5-10(8)13/h2-5H,1H3,(H,15,18)(H,16,17). The van der Waals surface area contributed by atoms with Crippen LogP contribution in [0.1, 0.15) is 0 Å². The van der Waals surface area contributed by atoms with Gasteiger partial charge in [-0.3, -0.25) is 10.1 Å².